The van der Waals surface area contributed by atoms with Crippen molar-refractivity contribution in [1.82, 2.24) is 5.32 Å². The van der Waals surface area contributed by atoms with Gasteiger partial charge in [0.15, 0.2) is 0 Å². The predicted molar refractivity (Wildman–Crippen MR) is 68.2 cm³/mol. The second-order valence-electron chi connectivity index (χ2n) is 4.16. The Kier molecular flexibility index (Phi) is 5.66. The number of carboxylic acids is 1. The maximum Gasteiger partial charge on any atom is 0.303 e. The zero-order chi connectivity index (χ0) is 14.3. The SMILES string of the molecule is O=C(O)CCCCCNC(=O)c1cc(O)ccc1O. The van der Waals surface area contributed by atoms with E-state index in [-0.39, 0.29) is 23.5 Å². The molecular formula is C13H17NO5. The first kappa shape index (κ1) is 14.8. The monoisotopic (exact) mass is 267 g/mol. The predicted octanol–water partition coefficient (Wildman–Crippen LogP) is 1.47. The lowest BCUT2D eigenvalue weighted by Crippen LogP contribution is -2.24. The number of carbonyl (C=O) groups is 2. The summed E-state index contributed by atoms with van der Waals surface area (Å²) in [6.07, 6.45) is 2.07. The summed E-state index contributed by atoms with van der Waals surface area (Å²) >= 11 is 0. The van der Waals surface area contributed by atoms with E-state index in [4.69, 9.17) is 5.11 Å². The molecule has 1 rings (SSSR count). The molecule has 0 spiro atoms. The van der Waals surface area contributed by atoms with Gasteiger partial charge in [0.2, 0.25) is 0 Å². The van der Waals surface area contributed by atoms with E-state index in [2.05, 4.69) is 5.32 Å². The number of benzene rings is 1. The molecule has 1 aromatic carbocycles. The van der Waals surface area contributed by atoms with Crippen LogP contribution in [0.3, 0.4) is 0 Å². The first-order valence-corrected chi connectivity index (χ1v) is 6.02. The molecule has 0 heterocycles. The van der Waals surface area contributed by atoms with Gasteiger partial charge < -0.3 is 20.6 Å². The van der Waals surface area contributed by atoms with Crippen LogP contribution in [0.5, 0.6) is 11.5 Å². The van der Waals surface area contributed by atoms with E-state index >= 15 is 0 Å². The van der Waals surface area contributed by atoms with Gasteiger partial charge in [-0.25, -0.2) is 0 Å². The Morgan fingerprint density at radius 2 is 1.84 bits per heavy atom. The summed E-state index contributed by atoms with van der Waals surface area (Å²) in [6.45, 7) is 0.396. The second kappa shape index (κ2) is 7.25. The number of unbranched alkanes of at least 4 members (excludes halogenated alkanes) is 2. The summed E-state index contributed by atoms with van der Waals surface area (Å²) < 4.78 is 0. The smallest absolute Gasteiger partial charge is 0.303 e. The van der Waals surface area contributed by atoms with Gasteiger partial charge in [0.05, 0.1) is 5.56 Å². The first-order valence-electron chi connectivity index (χ1n) is 6.02. The van der Waals surface area contributed by atoms with Crippen LogP contribution in [0.25, 0.3) is 0 Å². The van der Waals surface area contributed by atoms with E-state index in [9.17, 15) is 19.8 Å². The molecule has 4 N–H and O–H groups in total. The van der Waals surface area contributed by atoms with Crippen LogP contribution in [-0.2, 0) is 4.79 Å². The largest absolute Gasteiger partial charge is 0.508 e. The molecule has 1 aromatic rings. The highest BCUT2D eigenvalue weighted by Crippen LogP contribution is 2.21. The average Bonchev–Trinajstić information content (AvgIpc) is 2.36. The van der Waals surface area contributed by atoms with Crippen LogP contribution in [0, 0.1) is 0 Å². The number of carbonyl (C=O) groups excluding carboxylic acids is 1. The molecule has 1 amide bonds. The van der Waals surface area contributed by atoms with Gasteiger partial charge in [0, 0.05) is 13.0 Å². The van der Waals surface area contributed by atoms with Gasteiger partial charge in [-0.1, -0.05) is 6.42 Å². The summed E-state index contributed by atoms with van der Waals surface area (Å²) in [5.41, 5.74) is 0.0190. The van der Waals surface area contributed by atoms with Crippen molar-refractivity contribution in [1.29, 1.82) is 0 Å². The third-order valence-electron chi connectivity index (χ3n) is 2.58. The molecule has 0 aliphatic rings. The topological polar surface area (TPSA) is 107 Å². The van der Waals surface area contributed by atoms with Gasteiger partial charge in [-0.05, 0) is 31.0 Å². The van der Waals surface area contributed by atoms with Crippen molar-refractivity contribution < 1.29 is 24.9 Å². The lowest BCUT2D eigenvalue weighted by atomic mass is 10.1. The summed E-state index contributed by atoms with van der Waals surface area (Å²) in [4.78, 5) is 22.0. The van der Waals surface area contributed by atoms with Gasteiger partial charge in [0.1, 0.15) is 11.5 Å². The van der Waals surface area contributed by atoms with Crippen LogP contribution >= 0.6 is 0 Å². The Hall–Kier alpha value is -2.24. The Morgan fingerprint density at radius 3 is 2.53 bits per heavy atom. The van der Waals surface area contributed by atoms with Crippen molar-refractivity contribution in [3.8, 4) is 11.5 Å². The molecule has 0 unspecified atom stereocenters. The summed E-state index contributed by atoms with van der Waals surface area (Å²) in [7, 11) is 0. The number of phenols is 2. The third-order valence-corrected chi connectivity index (χ3v) is 2.58. The van der Waals surface area contributed by atoms with Gasteiger partial charge >= 0.3 is 5.97 Å². The molecule has 0 atom stereocenters. The number of hydrogen-bond acceptors (Lipinski definition) is 4. The number of nitrogens with one attached hydrogen (secondary N) is 1. The Labute approximate surface area is 110 Å². The van der Waals surface area contributed by atoms with E-state index in [1.807, 2.05) is 0 Å². The number of phenolic OH excluding ortho intramolecular Hbond substituents is 2. The van der Waals surface area contributed by atoms with E-state index < -0.39 is 11.9 Å². The van der Waals surface area contributed by atoms with Crippen LogP contribution < -0.4 is 5.32 Å². The fourth-order valence-electron chi connectivity index (χ4n) is 1.58. The van der Waals surface area contributed by atoms with E-state index in [0.717, 1.165) is 0 Å². The van der Waals surface area contributed by atoms with Crippen molar-refractivity contribution in [2.24, 2.45) is 0 Å². The highest BCUT2D eigenvalue weighted by atomic mass is 16.4. The standard InChI is InChI=1S/C13H17NO5/c15-9-5-6-11(16)10(8-9)13(19)14-7-3-1-2-4-12(17)18/h5-6,8,15-16H,1-4,7H2,(H,14,19)(H,17,18). The molecule has 0 fully saturated rings. The van der Waals surface area contributed by atoms with Crippen LogP contribution in [0.1, 0.15) is 36.0 Å². The number of rotatable bonds is 7. The van der Waals surface area contributed by atoms with Crippen molar-refractivity contribution in [3.05, 3.63) is 23.8 Å². The maximum absolute atomic E-state index is 11.7. The zero-order valence-corrected chi connectivity index (χ0v) is 10.4. The van der Waals surface area contributed by atoms with Crippen LogP contribution in [0.2, 0.25) is 0 Å². The molecule has 0 aliphatic carbocycles. The molecular weight excluding hydrogens is 250 g/mol. The van der Waals surface area contributed by atoms with E-state index in [0.29, 0.717) is 25.8 Å². The fourth-order valence-corrected chi connectivity index (χ4v) is 1.58. The molecule has 0 bridgehead atoms. The fraction of sp³-hybridized carbons (Fsp3) is 0.385. The van der Waals surface area contributed by atoms with E-state index in [1.165, 1.54) is 18.2 Å². The summed E-state index contributed by atoms with van der Waals surface area (Å²) in [5.74, 6) is -1.58. The molecule has 0 saturated heterocycles. The number of amides is 1. The van der Waals surface area contributed by atoms with Gasteiger partial charge in [-0.2, -0.15) is 0 Å². The minimum Gasteiger partial charge on any atom is -0.508 e. The number of hydrogen-bond donors (Lipinski definition) is 4. The lowest BCUT2D eigenvalue weighted by Gasteiger charge is -2.07. The highest BCUT2D eigenvalue weighted by molar-refractivity contribution is 5.97. The quantitative estimate of drug-likeness (QED) is 0.442. The lowest BCUT2D eigenvalue weighted by molar-refractivity contribution is -0.137. The number of aromatic hydroxyl groups is 2. The minimum absolute atomic E-state index is 0.0190. The number of aliphatic carboxylic acids is 1. The Morgan fingerprint density at radius 1 is 1.11 bits per heavy atom. The van der Waals surface area contributed by atoms with Gasteiger partial charge in [0.25, 0.3) is 5.91 Å². The normalized spacial score (nSPS) is 10.1. The van der Waals surface area contributed by atoms with E-state index in [1.54, 1.807) is 0 Å². The maximum atomic E-state index is 11.7. The van der Waals surface area contributed by atoms with Crippen molar-refractivity contribution in [2.75, 3.05) is 6.54 Å². The third kappa shape index (κ3) is 5.29. The van der Waals surface area contributed by atoms with Crippen molar-refractivity contribution >= 4 is 11.9 Å². The van der Waals surface area contributed by atoms with Crippen molar-refractivity contribution in [2.45, 2.75) is 25.7 Å². The molecule has 0 aromatic heterocycles. The Balaban J connectivity index is 2.31. The minimum atomic E-state index is -0.825. The molecule has 19 heavy (non-hydrogen) atoms. The molecule has 0 saturated carbocycles. The second-order valence-corrected chi connectivity index (χ2v) is 4.16. The molecule has 0 radical (unpaired) electrons. The zero-order valence-electron chi connectivity index (χ0n) is 10.4. The van der Waals surface area contributed by atoms with Gasteiger partial charge in [-0.15, -0.1) is 0 Å². The molecule has 6 heteroatoms. The summed E-state index contributed by atoms with van der Waals surface area (Å²) in [6, 6.07) is 3.73. The highest BCUT2D eigenvalue weighted by Gasteiger charge is 2.11. The first-order chi connectivity index (χ1) is 9.00. The molecule has 104 valence electrons. The molecule has 0 aliphatic heterocycles. The van der Waals surface area contributed by atoms with Crippen LogP contribution in [-0.4, -0.2) is 33.7 Å². The Bertz CT molecular complexity index is 458. The van der Waals surface area contributed by atoms with Crippen LogP contribution in [0.4, 0.5) is 0 Å². The van der Waals surface area contributed by atoms with Crippen molar-refractivity contribution in [3.63, 3.8) is 0 Å². The average molecular weight is 267 g/mol. The van der Waals surface area contributed by atoms with Crippen LogP contribution in [0.15, 0.2) is 18.2 Å². The van der Waals surface area contributed by atoms with Gasteiger partial charge in [-0.3, -0.25) is 9.59 Å². The number of carboxylic acid groups (broad SMARTS) is 1. The summed E-state index contributed by atoms with van der Waals surface area (Å²) in [5, 5.41) is 29.7. The molecule has 6 nitrogen and oxygen atoms in total.